The molecule has 1 atom stereocenters. The summed E-state index contributed by atoms with van der Waals surface area (Å²) < 4.78 is 12.8. The first-order valence-electron chi connectivity index (χ1n) is 8.78. The molecule has 134 valence electrons. The van der Waals surface area contributed by atoms with E-state index in [1.165, 1.54) is 5.56 Å². The minimum absolute atomic E-state index is 0.128. The van der Waals surface area contributed by atoms with E-state index in [0.29, 0.717) is 18.2 Å². The number of hydrogen-bond acceptors (Lipinski definition) is 4. The van der Waals surface area contributed by atoms with Gasteiger partial charge in [0.05, 0.1) is 6.10 Å². The van der Waals surface area contributed by atoms with E-state index >= 15 is 0 Å². The molecule has 1 fully saturated rings. The van der Waals surface area contributed by atoms with Gasteiger partial charge in [-0.1, -0.05) is 26.0 Å². The topological polar surface area (TPSA) is 65.4 Å². The first-order valence-corrected chi connectivity index (χ1v) is 8.78. The third kappa shape index (κ3) is 4.82. The maximum atomic E-state index is 12.1. The maximum absolute atomic E-state index is 12.1. The fourth-order valence-electron chi connectivity index (χ4n) is 2.75. The van der Waals surface area contributed by atoms with Crippen molar-refractivity contribution in [2.45, 2.75) is 45.4 Å². The summed E-state index contributed by atoms with van der Waals surface area (Å²) in [6.45, 7) is 5.89. The van der Waals surface area contributed by atoms with Crippen LogP contribution >= 0.6 is 0 Å². The lowest BCUT2D eigenvalue weighted by molar-refractivity contribution is 0.0852. The second-order valence-corrected chi connectivity index (χ2v) is 6.58. The lowest BCUT2D eigenvalue weighted by Gasteiger charge is -2.10. The highest BCUT2D eigenvalue weighted by molar-refractivity contribution is 5.92. The predicted molar refractivity (Wildman–Crippen MR) is 94.7 cm³/mol. The molecule has 0 radical (unpaired) electrons. The number of carbonyl (C=O) groups is 1. The predicted octanol–water partition coefficient (Wildman–Crippen LogP) is 2.95. The lowest BCUT2D eigenvalue weighted by atomic mass is 10.0. The monoisotopic (exact) mass is 343 g/mol. The van der Waals surface area contributed by atoms with Crippen LogP contribution in [-0.2, 0) is 11.5 Å². The molecule has 2 heterocycles. The number of rotatable bonds is 7. The normalized spacial score (nSPS) is 17.0. The van der Waals surface area contributed by atoms with Crippen LogP contribution in [-0.4, -0.2) is 34.9 Å². The Morgan fingerprint density at radius 1 is 1.36 bits per heavy atom. The van der Waals surface area contributed by atoms with Crippen molar-refractivity contribution in [1.29, 1.82) is 0 Å². The molecule has 6 nitrogen and oxygen atoms in total. The molecule has 6 heteroatoms. The Bertz CT molecular complexity index is 688. The molecule has 1 aromatic heterocycles. The Kier molecular flexibility index (Phi) is 5.71. The van der Waals surface area contributed by atoms with Crippen molar-refractivity contribution in [3.05, 3.63) is 47.8 Å². The molecular formula is C19H25N3O3. The van der Waals surface area contributed by atoms with Crippen LogP contribution in [0.4, 0.5) is 0 Å². The first-order chi connectivity index (χ1) is 12.1. The van der Waals surface area contributed by atoms with Gasteiger partial charge in [-0.3, -0.25) is 4.79 Å². The molecular weight excluding hydrogens is 318 g/mol. The van der Waals surface area contributed by atoms with Crippen molar-refractivity contribution < 1.29 is 14.3 Å². The van der Waals surface area contributed by atoms with Gasteiger partial charge in [-0.25, -0.2) is 4.68 Å². The second kappa shape index (κ2) is 8.16. The van der Waals surface area contributed by atoms with Gasteiger partial charge in [-0.05, 0) is 42.5 Å². The zero-order valence-corrected chi connectivity index (χ0v) is 14.8. The fourth-order valence-corrected chi connectivity index (χ4v) is 2.75. The molecule has 1 unspecified atom stereocenters. The van der Waals surface area contributed by atoms with Crippen molar-refractivity contribution in [3.8, 4) is 5.75 Å². The first kappa shape index (κ1) is 17.5. The Hall–Kier alpha value is -2.34. The van der Waals surface area contributed by atoms with Crippen molar-refractivity contribution >= 4 is 5.91 Å². The van der Waals surface area contributed by atoms with Gasteiger partial charge in [0, 0.05) is 19.3 Å². The molecule has 1 aliphatic heterocycles. The van der Waals surface area contributed by atoms with Crippen LogP contribution in [0.25, 0.3) is 0 Å². The quantitative estimate of drug-likeness (QED) is 0.839. The minimum Gasteiger partial charge on any atom is -0.471 e. The van der Waals surface area contributed by atoms with Crippen molar-refractivity contribution in [1.82, 2.24) is 15.1 Å². The summed E-state index contributed by atoms with van der Waals surface area (Å²) in [7, 11) is 0. The summed E-state index contributed by atoms with van der Waals surface area (Å²) in [4.78, 5) is 12.1. The van der Waals surface area contributed by atoms with E-state index in [1.54, 1.807) is 16.9 Å². The molecule has 0 aliphatic carbocycles. The highest BCUT2D eigenvalue weighted by Crippen LogP contribution is 2.18. The van der Waals surface area contributed by atoms with Gasteiger partial charge >= 0.3 is 0 Å². The fraction of sp³-hybridized carbons (Fsp3) is 0.474. The van der Waals surface area contributed by atoms with Gasteiger partial charge in [0.25, 0.3) is 5.91 Å². The van der Waals surface area contributed by atoms with Gasteiger partial charge in [0.15, 0.2) is 6.73 Å². The SMILES string of the molecule is CC(C)c1ccc(OCn2ccc(C(=O)NCC3CCCO3)n2)cc1. The van der Waals surface area contributed by atoms with Gasteiger partial charge in [-0.2, -0.15) is 5.10 Å². The van der Waals surface area contributed by atoms with E-state index in [0.717, 1.165) is 25.2 Å². The van der Waals surface area contributed by atoms with Gasteiger partial charge < -0.3 is 14.8 Å². The van der Waals surface area contributed by atoms with Crippen LogP contribution in [0.1, 0.15) is 48.7 Å². The summed E-state index contributed by atoms with van der Waals surface area (Å²) in [6, 6.07) is 9.72. The van der Waals surface area contributed by atoms with E-state index in [2.05, 4.69) is 36.4 Å². The molecule has 3 rings (SSSR count). The lowest BCUT2D eigenvalue weighted by Crippen LogP contribution is -2.32. The number of carbonyl (C=O) groups excluding carboxylic acids is 1. The number of hydrogen-bond donors (Lipinski definition) is 1. The summed E-state index contributed by atoms with van der Waals surface area (Å²) in [6.07, 6.45) is 3.93. The third-order valence-electron chi connectivity index (χ3n) is 4.30. The molecule has 0 bridgehead atoms. The number of aromatic nitrogens is 2. The van der Waals surface area contributed by atoms with Crippen molar-refractivity contribution in [3.63, 3.8) is 0 Å². The number of nitrogens with one attached hydrogen (secondary N) is 1. The van der Waals surface area contributed by atoms with Crippen molar-refractivity contribution in [2.24, 2.45) is 0 Å². The molecule has 1 amide bonds. The maximum Gasteiger partial charge on any atom is 0.271 e. The number of benzene rings is 1. The number of nitrogens with zero attached hydrogens (tertiary/aromatic N) is 2. The Balaban J connectivity index is 1.48. The zero-order chi connectivity index (χ0) is 17.6. The summed E-state index contributed by atoms with van der Waals surface area (Å²) >= 11 is 0. The van der Waals surface area contributed by atoms with Gasteiger partial charge in [0.2, 0.25) is 0 Å². The van der Waals surface area contributed by atoms with E-state index in [4.69, 9.17) is 9.47 Å². The smallest absolute Gasteiger partial charge is 0.271 e. The Morgan fingerprint density at radius 3 is 2.84 bits per heavy atom. The second-order valence-electron chi connectivity index (χ2n) is 6.58. The molecule has 1 aromatic carbocycles. The molecule has 1 saturated heterocycles. The van der Waals surface area contributed by atoms with E-state index in [-0.39, 0.29) is 18.7 Å². The number of amides is 1. The molecule has 1 aliphatic rings. The largest absolute Gasteiger partial charge is 0.471 e. The van der Waals surface area contributed by atoms with Crippen LogP contribution in [0.15, 0.2) is 36.5 Å². The zero-order valence-electron chi connectivity index (χ0n) is 14.8. The summed E-state index contributed by atoms with van der Waals surface area (Å²) in [5, 5.41) is 7.12. The van der Waals surface area contributed by atoms with Gasteiger partial charge in [0.1, 0.15) is 11.4 Å². The highest BCUT2D eigenvalue weighted by atomic mass is 16.5. The van der Waals surface area contributed by atoms with Gasteiger partial charge in [-0.15, -0.1) is 0 Å². The van der Waals surface area contributed by atoms with Crippen LogP contribution in [0.2, 0.25) is 0 Å². The Morgan fingerprint density at radius 2 is 2.16 bits per heavy atom. The van der Waals surface area contributed by atoms with E-state index in [9.17, 15) is 4.79 Å². The van der Waals surface area contributed by atoms with E-state index in [1.807, 2.05) is 12.1 Å². The van der Waals surface area contributed by atoms with Crippen LogP contribution < -0.4 is 10.1 Å². The third-order valence-corrected chi connectivity index (χ3v) is 4.30. The molecule has 25 heavy (non-hydrogen) atoms. The molecule has 1 N–H and O–H groups in total. The summed E-state index contributed by atoms with van der Waals surface area (Å²) in [5.74, 6) is 1.09. The number of ether oxygens (including phenoxy) is 2. The van der Waals surface area contributed by atoms with E-state index < -0.39 is 0 Å². The molecule has 0 spiro atoms. The molecule has 0 saturated carbocycles. The Labute approximate surface area is 148 Å². The highest BCUT2D eigenvalue weighted by Gasteiger charge is 2.17. The van der Waals surface area contributed by atoms with Crippen LogP contribution in [0, 0.1) is 0 Å². The summed E-state index contributed by atoms with van der Waals surface area (Å²) in [5.41, 5.74) is 1.66. The van der Waals surface area contributed by atoms with Crippen molar-refractivity contribution in [2.75, 3.05) is 13.2 Å². The molecule has 2 aromatic rings. The van der Waals surface area contributed by atoms with Crippen LogP contribution in [0.3, 0.4) is 0 Å². The average Bonchev–Trinajstić information content (AvgIpc) is 3.30. The standard InChI is InChI=1S/C19H25N3O3/c1-14(2)15-5-7-16(8-6-15)25-13-22-10-9-18(21-22)19(23)20-12-17-4-3-11-24-17/h5-10,14,17H,3-4,11-13H2,1-2H3,(H,20,23). The van der Waals surface area contributed by atoms with Crippen LogP contribution in [0.5, 0.6) is 5.75 Å². The average molecular weight is 343 g/mol. The minimum atomic E-state index is -0.185.